The minimum Gasteiger partial charge on any atom is -0.390 e. The Balaban J connectivity index is 1.72. The van der Waals surface area contributed by atoms with Crippen molar-refractivity contribution in [3.8, 4) is 0 Å². The van der Waals surface area contributed by atoms with Crippen LogP contribution in [-0.2, 0) is 14.4 Å². The zero-order valence-corrected chi connectivity index (χ0v) is 19.2. The van der Waals surface area contributed by atoms with E-state index in [2.05, 4.69) is 25.6 Å². The van der Waals surface area contributed by atoms with E-state index in [0.29, 0.717) is 17.8 Å². The molecular weight excluding hydrogens is 386 g/mol. The number of allylic oxidation sites excluding steroid dienone is 3. The Bertz CT molecular complexity index is 915. The van der Waals surface area contributed by atoms with Gasteiger partial charge in [0.1, 0.15) is 0 Å². The van der Waals surface area contributed by atoms with Gasteiger partial charge in [-0.05, 0) is 98.5 Å². The van der Waals surface area contributed by atoms with Crippen molar-refractivity contribution < 1.29 is 17.8 Å². The predicted octanol–water partition coefficient (Wildman–Crippen LogP) is 4.59. The van der Waals surface area contributed by atoms with Gasteiger partial charge in [-0.25, -0.2) is 0 Å². The maximum atomic E-state index is 11.4. The first-order valence-electron chi connectivity index (χ1n) is 10.9. The molecule has 0 heterocycles. The van der Waals surface area contributed by atoms with Crippen molar-refractivity contribution in [2.24, 2.45) is 33.7 Å². The van der Waals surface area contributed by atoms with Gasteiger partial charge in [-0.2, -0.15) is 8.42 Å². The van der Waals surface area contributed by atoms with E-state index in [4.69, 9.17) is 4.28 Å². The predicted molar refractivity (Wildman–Crippen MR) is 115 cm³/mol. The summed E-state index contributed by atoms with van der Waals surface area (Å²) in [5, 5.41) is 15.1. The third-order valence-corrected chi connectivity index (χ3v) is 9.54. The molecule has 3 fully saturated rings. The molecule has 4 aliphatic rings. The summed E-state index contributed by atoms with van der Waals surface area (Å²) in [5.74, 6) is 1.67. The molecule has 0 aromatic heterocycles. The van der Waals surface area contributed by atoms with Gasteiger partial charge in [-0.3, -0.25) is 4.28 Å². The number of rotatable bonds is 2. The number of aliphatic hydroxyl groups is 1. The van der Waals surface area contributed by atoms with Gasteiger partial charge in [0.15, 0.2) is 0 Å². The van der Waals surface area contributed by atoms with E-state index >= 15 is 0 Å². The fraction of sp³-hybridized carbons (Fsp3) is 0.783. The zero-order chi connectivity index (χ0) is 21.4. The Kier molecular flexibility index (Phi) is 4.68. The van der Waals surface area contributed by atoms with Crippen LogP contribution in [0, 0.1) is 28.6 Å². The van der Waals surface area contributed by atoms with Gasteiger partial charge in [0.25, 0.3) is 0 Å². The number of hydrogen-bond acceptors (Lipinski definition) is 5. The first-order chi connectivity index (χ1) is 13.3. The summed E-state index contributed by atoms with van der Waals surface area (Å²) in [7, 11) is -3.61. The van der Waals surface area contributed by atoms with Crippen LogP contribution >= 0.6 is 0 Å². The summed E-state index contributed by atoms with van der Waals surface area (Å²) in [6.45, 7) is 13.2. The minimum absolute atomic E-state index is 0.00825. The zero-order valence-electron chi connectivity index (χ0n) is 18.4. The lowest BCUT2D eigenvalue weighted by Gasteiger charge is -2.59. The first kappa shape index (κ1) is 21.1. The standard InChI is InChI=1S/C23H35NO4S/c1-14-13-16-17(7-11-22(4)18(16)8-12-23(22,5)25)21(3)10-9-19(15(2)20(14)21)24-28-29(6,26)27/h16-18,25H,1,7-13H2,2-6H3/b24-19+/t16-,17+,18+,21-,22+,23+/m1/s1. The Morgan fingerprint density at radius 3 is 2.45 bits per heavy atom. The highest BCUT2D eigenvalue weighted by atomic mass is 32.2. The van der Waals surface area contributed by atoms with Gasteiger partial charge in [-0.1, -0.05) is 31.2 Å². The van der Waals surface area contributed by atoms with Crippen LogP contribution in [0.25, 0.3) is 0 Å². The lowest BCUT2D eigenvalue weighted by atomic mass is 9.45. The van der Waals surface area contributed by atoms with Gasteiger partial charge >= 0.3 is 10.1 Å². The van der Waals surface area contributed by atoms with Crippen LogP contribution in [0.15, 0.2) is 28.5 Å². The molecule has 0 aromatic rings. The highest BCUT2D eigenvalue weighted by molar-refractivity contribution is 7.85. The second-order valence-corrected chi connectivity index (χ2v) is 12.2. The monoisotopic (exact) mass is 421 g/mol. The van der Waals surface area contributed by atoms with E-state index in [1.165, 1.54) is 5.57 Å². The molecule has 0 radical (unpaired) electrons. The lowest BCUT2D eigenvalue weighted by molar-refractivity contribution is -0.113. The summed E-state index contributed by atoms with van der Waals surface area (Å²) in [5.41, 5.74) is 3.65. The lowest BCUT2D eigenvalue weighted by Crippen LogP contribution is -2.54. The molecule has 29 heavy (non-hydrogen) atoms. The fourth-order valence-electron chi connectivity index (χ4n) is 7.52. The second kappa shape index (κ2) is 6.43. The van der Waals surface area contributed by atoms with E-state index < -0.39 is 15.7 Å². The maximum Gasteiger partial charge on any atom is 0.325 e. The summed E-state index contributed by atoms with van der Waals surface area (Å²) < 4.78 is 27.5. The van der Waals surface area contributed by atoms with E-state index in [-0.39, 0.29) is 10.8 Å². The van der Waals surface area contributed by atoms with Crippen molar-refractivity contribution in [1.82, 2.24) is 0 Å². The molecule has 0 saturated heterocycles. The molecular formula is C23H35NO4S. The Morgan fingerprint density at radius 2 is 1.79 bits per heavy atom. The highest BCUT2D eigenvalue weighted by Gasteiger charge is 2.63. The molecule has 0 aliphatic heterocycles. The van der Waals surface area contributed by atoms with Gasteiger partial charge in [0.2, 0.25) is 0 Å². The number of fused-ring (bicyclic) bond motifs is 5. The normalized spacial score (nSPS) is 46.3. The molecule has 0 bridgehead atoms. The molecule has 4 rings (SSSR count). The third-order valence-electron chi connectivity index (χ3n) is 9.20. The first-order valence-corrected chi connectivity index (χ1v) is 12.7. The van der Waals surface area contributed by atoms with Gasteiger partial charge < -0.3 is 5.11 Å². The van der Waals surface area contributed by atoms with Crippen molar-refractivity contribution in [1.29, 1.82) is 0 Å². The van der Waals surface area contributed by atoms with Crippen LogP contribution in [0.2, 0.25) is 0 Å². The quantitative estimate of drug-likeness (QED) is 0.662. The molecule has 1 N–H and O–H groups in total. The third kappa shape index (κ3) is 3.04. The van der Waals surface area contributed by atoms with Crippen molar-refractivity contribution in [2.75, 3.05) is 6.26 Å². The number of oxime groups is 1. The molecule has 162 valence electrons. The summed E-state index contributed by atoms with van der Waals surface area (Å²) in [6, 6.07) is 0. The summed E-state index contributed by atoms with van der Waals surface area (Å²) in [6.07, 6.45) is 7.82. The van der Waals surface area contributed by atoms with Crippen molar-refractivity contribution in [3.63, 3.8) is 0 Å². The van der Waals surface area contributed by atoms with E-state index in [0.717, 1.165) is 68.1 Å². The molecule has 6 atom stereocenters. The van der Waals surface area contributed by atoms with Crippen LogP contribution < -0.4 is 0 Å². The van der Waals surface area contributed by atoms with E-state index in [1.807, 2.05) is 13.8 Å². The molecule has 5 nitrogen and oxygen atoms in total. The molecule has 4 aliphatic carbocycles. The Labute approximate surface area is 175 Å². The second-order valence-electron chi connectivity index (χ2n) is 10.7. The van der Waals surface area contributed by atoms with Crippen molar-refractivity contribution >= 4 is 15.8 Å². The fourth-order valence-corrected chi connectivity index (χ4v) is 7.75. The number of nitrogens with zero attached hydrogens (tertiary/aromatic N) is 1. The van der Waals surface area contributed by atoms with E-state index in [1.54, 1.807) is 0 Å². The van der Waals surface area contributed by atoms with Crippen LogP contribution in [0.3, 0.4) is 0 Å². The van der Waals surface area contributed by atoms with Crippen molar-refractivity contribution in [2.45, 2.75) is 78.2 Å². The minimum atomic E-state index is -3.61. The molecule has 0 aromatic carbocycles. The smallest absolute Gasteiger partial charge is 0.325 e. The largest absolute Gasteiger partial charge is 0.390 e. The molecule has 0 spiro atoms. The van der Waals surface area contributed by atoms with Crippen molar-refractivity contribution in [3.05, 3.63) is 23.3 Å². The van der Waals surface area contributed by atoms with Crippen LogP contribution in [0.5, 0.6) is 0 Å². The Morgan fingerprint density at radius 1 is 1.14 bits per heavy atom. The average molecular weight is 422 g/mol. The Hall–Kier alpha value is -1.14. The molecule has 6 heteroatoms. The van der Waals surface area contributed by atoms with E-state index in [9.17, 15) is 13.5 Å². The average Bonchev–Trinajstić information content (AvgIpc) is 2.83. The summed E-state index contributed by atoms with van der Waals surface area (Å²) >= 11 is 0. The molecule has 3 saturated carbocycles. The summed E-state index contributed by atoms with van der Waals surface area (Å²) in [4.78, 5) is 0. The molecule has 0 amide bonds. The SMILES string of the molecule is C=C1C[C@@H]2[C@H](CC[C@@]3(C)[C@H]2CC[C@]3(C)O)[C@@]2(C)CC/C(=N\OS(C)(=O)=O)C(C)=C12. The maximum absolute atomic E-state index is 11.4. The van der Waals surface area contributed by atoms with Crippen LogP contribution in [0.4, 0.5) is 0 Å². The van der Waals surface area contributed by atoms with Crippen LogP contribution in [0.1, 0.15) is 72.6 Å². The highest BCUT2D eigenvalue weighted by Crippen LogP contribution is 2.68. The van der Waals surface area contributed by atoms with Gasteiger partial charge in [0, 0.05) is 0 Å². The molecule has 0 unspecified atom stereocenters. The number of hydrogen-bond donors (Lipinski definition) is 1. The van der Waals surface area contributed by atoms with Gasteiger partial charge in [0.05, 0.1) is 17.6 Å². The van der Waals surface area contributed by atoms with Crippen LogP contribution in [-0.4, -0.2) is 31.1 Å². The van der Waals surface area contributed by atoms with Gasteiger partial charge in [-0.15, -0.1) is 0 Å². The topological polar surface area (TPSA) is 76.0 Å².